The van der Waals surface area contributed by atoms with Gasteiger partial charge in [-0.05, 0) is 33.4 Å². The van der Waals surface area contributed by atoms with E-state index in [1.165, 1.54) is 0 Å². The summed E-state index contributed by atoms with van der Waals surface area (Å²) in [7, 11) is 4.17. The highest BCUT2D eigenvalue weighted by molar-refractivity contribution is 14.0. The molecular formula is C20H33IN6. The molecule has 1 aromatic heterocycles. The Balaban J connectivity index is 0.00000364. The molecule has 1 aromatic carbocycles. The Morgan fingerprint density at radius 1 is 1.22 bits per heavy atom. The summed E-state index contributed by atoms with van der Waals surface area (Å²) >= 11 is 0. The van der Waals surface area contributed by atoms with Crippen LogP contribution in [-0.4, -0.2) is 65.5 Å². The lowest BCUT2D eigenvalue weighted by Crippen LogP contribution is -2.39. The summed E-state index contributed by atoms with van der Waals surface area (Å²) < 4.78 is 0. The van der Waals surface area contributed by atoms with E-state index in [0.29, 0.717) is 12.6 Å². The summed E-state index contributed by atoms with van der Waals surface area (Å²) in [6.07, 6.45) is 1.89. The number of aromatic nitrogens is 2. The van der Waals surface area contributed by atoms with Gasteiger partial charge in [0.15, 0.2) is 5.96 Å². The molecule has 0 saturated carbocycles. The van der Waals surface area contributed by atoms with Gasteiger partial charge in [-0.15, -0.1) is 24.0 Å². The first kappa shape index (κ1) is 23.4. The minimum atomic E-state index is 0. The predicted molar refractivity (Wildman–Crippen MR) is 125 cm³/mol. The van der Waals surface area contributed by atoms with Gasteiger partial charge in [0.05, 0.1) is 25.0 Å². The Bertz CT molecular complexity index is 683. The molecule has 0 aliphatic heterocycles. The first-order valence-corrected chi connectivity index (χ1v) is 9.30. The van der Waals surface area contributed by atoms with Gasteiger partial charge in [-0.25, -0.2) is 4.98 Å². The maximum Gasteiger partial charge on any atom is 0.194 e. The van der Waals surface area contributed by atoms with Crippen LogP contribution in [0.2, 0.25) is 0 Å². The van der Waals surface area contributed by atoms with E-state index in [4.69, 9.17) is 4.99 Å². The first-order chi connectivity index (χ1) is 12.5. The van der Waals surface area contributed by atoms with Crippen LogP contribution in [-0.2, 0) is 6.54 Å². The molecule has 2 N–H and O–H groups in total. The monoisotopic (exact) mass is 484 g/mol. The molecule has 27 heavy (non-hydrogen) atoms. The summed E-state index contributed by atoms with van der Waals surface area (Å²) in [5, 5.41) is 3.36. The second kappa shape index (κ2) is 12.0. The van der Waals surface area contributed by atoms with Crippen LogP contribution in [0.5, 0.6) is 0 Å². The van der Waals surface area contributed by atoms with Gasteiger partial charge in [-0.2, -0.15) is 0 Å². The molecule has 2 rings (SSSR count). The van der Waals surface area contributed by atoms with Gasteiger partial charge in [-0.3, -0.25) is 4.99 Å². The molecule has 0 bridgehead atoms. The van der Waals surface area contributed by atoms with Crippen LogP contribution in [0.25, 0.3) is 11.3 Å². The van der Waals surface area contributed by atoms with Crippen LogP contribution in [0.1, 0.15) is 26.6 Å². The van der Waals surface area contributed by atoms with Crippen LogP contribution in [0, 0.1) is 0 Å². The zero-order valence-corrected chi connectivity index (χ0v) is 19.4. The van der Waals surface area contributed by atoms with Crippen LogP contribution >= 0.6 is 24.0 Å². The molecule has 1 heterocycles. The summed E-state index contributed by atoms with van der Waals surface area (Å²) in [6, 6.07) is 10.8. The van der Waals surface area contributed by atoms with Gasteiger partial charge >= 0.3 is 0 Å². The normalized spacial score (nSPS) is 11.6. The Labute approximate surface area is 180 Å². The van der Waals surface area contributed by atoms with Gasteiger partial charge in [0, 0.05) is 26.2 Å². The van der Waals surface area contributed by atoms with Crippen molar-refractivity contribution in [1.82, 2.24) is 25.1 Å². The van der Waals surface area contributed by atoms with Crippen molar-refractivity contribution in [3.05, 3.63) is 42.4 Å². The van der Waals surface area contributed by atoms with E-state index in [1.54, 1.807) is 0 Å². The lowest BCUT2D eigenvalue weighted by Gasteiger charge is -2.23. The molecule has 0 aliphatic carbocycles. The van der Waals surface area contributed by atoms with Crippen molar-refractivity contribution in [1.29, 1.82) is 0 Å². The summed E-state index contributed by atoms with van der Waals surface area (Å²) in [5.41, 5.74) is 2.18. The number of hydrogen-bond acceptors (Lipinski definition) is 3. The van der Waals surface area contributed by atoms with E-state index < -0.39 is 0 Å². The SMILES string of the molecule is CCNC(=NCCN(C)C(C)C)N(C)Cc1ncc(-c2ccccc2)[nH]1.I. The largest absolute Gasteiger partial charge is 0.357 e. The fourth-order valence-corrected chi connectivity index (χ4v) is 2.55. The molecule has 2 aromatic rings. The molecule has 0 atom stereocenters. The van der Waals surface area contributed by atoms with Crippen molar-refractivity contribution in [3.63, 3.8) is 0 Å². The van der Waals surface area contributed by atoms with Crippen LogP contribution in [0.3, 0.4) is 0 Å². The average molecular weight is 484 g/mol. The van der Waals surface area contributed by atoms with E-state index in [2.05, 4.69) is 65.0 Å². The number of guanidine groups is 1. The minimum absolute atomic E-state index is 0. The second-order valence-electron chi connectivity index (χ2n) is 6.78. The Kier molecular flexibility index (Phi) is 10.4. The highest BCUT2D eigenvalue weighted by atomic mass is 127. The molecule has 0 amide bonds. The smallest absolute Gasteiger partial charge is 0.194 e. The van der Waals surface area contributed by atoms with Gasteiger partial charge in [-0.1, -0.05) is 30.3 Å². The molecular weight excluding hydrogens is 451 g/mol. The zero-order chi connectivity index (χ0) is 18.9. The van der Waals surface area contributed by atoms with Gasteiger partial charge in [0.2, 0.25) is 0 Å². The Hall–Kier alpha value is -1.61. The number of hydrogen-bond donors (Lipinski definition) is 2. The second-order valence-corrected chi connectivity index (χ2v) is 6.78. The third-order valence-corrected chi connectivity index (χ3v) is 4.39. The topological polar surface area (TPSA) is 59.6 Å². The molecule has 0 aliphatic rings. The quantitative estimate of drug-likeness (QED) is 0.343. The molecule has 0 unspecified atom stereocenters. The summed E-state index contributed by atoms with van der Waals surface area (Å²) in [4.78, 5) is 17.1. The molecule has 150 valence electrons. The van der Waals surface area contributed by atoms with E-state index in [9.17, 15) is 0 Å². The molecule has 0 fully saturated rings. The molecule has 0 spiro atoms. The average Bonchev–Trinajstić information content (AvgIpc) is 3.10. The van der Waals surface area contributed by atoms with Crippen molar-refractivity contribution in [2.45, 2.75) is 33.4 Å². The Morgan fingerprint density at radius 2 is 1.93 bits per heavy atom. The fourth-order valence-electron chi connectivity index (χ4n) is 2.55. The highest BCUT2D eigenvalue weighted by Gasteiger charge is 2.10. The minimum Gasteiger partial charge on any atom is -0.357 e. The van der Waals surface area contributed by atoms with Crippen molar-refractivity contribution in [2.75, 3.05) is 33.7 Å². The highest BCUT2D eigenvalue weighted by Crippen LogP contribution is 2.16. The zero-order valence-electron chi connectivity index (χ0n) is 17.1. The van der Waals surface area contributed by atoms with Gasteiger partial charge in [0.25, 0.3) is 0 Å². The van der Waals surface area contributed by atoms with Crippen LogP contribution < -0.4 is 5.32 Å². The number of rotatable bonds is 8. The van der Waals surface area contributed by atoms with E-state index in [0.717, 1.165) is 42.7 Å². The fraction of sp³-hybridized carbons (Fsp3) is 0.500. The molecule has 7 heteroatoms. The number of aromatic amines is 1. The third kappa shape index (κ3) is 7.50. The predicted octanol–water partition coefficient (Wildman–Crippen LogP) is 3.43. The maximum atomic E-state index is 4.75. The number of aliphatic imine (C=N–C) groups is 1. The van der Waals surface area contributed by atoms with Crippen molar-refractivity contribution >= 4 is 29.9 Å². The first-order valence-electron chi connectivity index (χ1n) is 9.30. The van der Waals surface area contributed by atoms with Gasteiger partial charge < -0.3 is 20.1 Å². The summed E-state index contributed by atoms with van der Waals surface area (Å²) in [6.45, 7) is 9.72. The number of benzene rings is 1. The molecule has 6 nitrogen and oxygen atoms in total. The number of nitrogens with one attached hydrogen (secondary N) is 2. The molecule has 0 saturated heterocycles. The van der Waals surface area contributed by atoms with Crippen molar-refractivity contribution in [3.8, 4) is 11.3 Å². The number of halogens is 1. The standard InChI is InChI=1S/C20H32N6.HI/c1-6-21-20(22-12-13-25(4)16(2)3)26(5)15-19-23-14-18(24-19)17-10-8-7-9-11-17;/h7-11,14,16H,6,12-13,15H2,1-5H3,(H,21,22)(H,23,24);1H. The maximum absolute atomic E-state index is 4.75. The number of nitrogens with zero attached hydrogens (tertiary/aromatic N) is 4. The summed E-state index contributed by atoms with van der Waals surface area (Å²) in [5.74, 6) is 1.83. The number of imidazole rings is 1. The number of H-pyrrole nitrogens is 1. The number of likely N-dealkylation sites (N-methyl/N-ethyl adjacent to an activating group) is 1. The van der Waals surface area contributed by atoms with E-state index >= 15 is 0 Å². The van der Waals surface area contributed by atoms with Crippen molar-refractivity contribution < 1.29 is 0 Å². The van der Waals surface area contributed by atoms with E-state index in [1.807, 2.05) is 31.4 Å². The van der Waals surface area contributed by atoms with Crippen LogP contribution in [0.15, 0.2) is 41.5 Å². The molecule has 0 radical (unpaired) electrons. The van der Waals surface area contributed by atoms with Crippen LogP contribution in [0.4, 0.5) is 0 Å². The van der Waals surface area contributed by atoms with Gasteiger partial charge in [0.1, 0.15) is 5.82 Å². The lowest BCUT2D eigenvalue weighted by molar-refractivity contribution is 0.281. The Morgan fingerprint density at radius 3 is 2.56 bits per heavy atom. The lowest BCUT2D eigenvalue weighted by atomic mass is 10.2. The third-order valence-electron chi connectivity index (χ3n) is 4.39. The van der Waals surface area contributed by atoms with Crippen molar-refractivity contribution in [2.24, 2.45) is 4.99 Å². The van der Waals surface area contributed by atoms with E-state index in [-0.39, 0.29) is 24.0 Å².